The molecule has 4 unspecified atom stereocenters. The first-order chi connectivity index (χ1) is 22.8. The lowest BCUT2D eigenvalue weighted by Crippen LogP contribution is -2.28. The summed E-state index contributed by atoms with van der Waals surface area (Å²) in [7, 11) is 0. The molecule has 0 radical (unpaired) electrons. The van der Waals surface area contributed by atoms with Crippen molar-refractivity contribution in [2.75, 3.05) is 13.2 Å². The van der Waals surface area contributed by atoms with Crippen LogP contribution < -0.4 is 9.47 Å². The molecule has 2 saturated carbocycles. The third-order valence-electron chi connectivity index (χ3n) is 9.06. The van der Waals surface area contributed by atoms with Crippen LogP contribution in [0, 0.1) is 23.7 Å². The molecule has 0 aliphatic heterocycles. The van der Waals surface area contributed by atoms with Crippen LogP contribution in [0.1, 0.15) is 98.8 Å². The molecule has 4 atom stereocenters. The lowest BCUT2D eigenvalue weighted by Gasteiger charge is -2.28. The predicted octanol–water partition coefficient (Wildman–Crippen LogP) is 10.9. The number of ether oxygens (including phenoxy) is 4. The number of hydrogen-bond acceptors (Lipinski definition) is 8. The van der Waals surface area contributed by atoms with Crippen molar-refractivity contribution in [3.8, 4) is 11.5 Å². The molecule has 262 valence electrons. The van der Waals surface area contributed by atoms with Crippen LogP contribution in [0.4, 0.5) is 0 Å². The maximum absolute atomic E-state index is 13.2. The van der Waals surface area contributed by atoms with E-state index in [2.05, 4.69) is 13.8 Å². The molecule has 4 rings (SSSR count). The Morgan fingerprint density at radius 3 is 1.29 bits per heavy atom. The smallest absolute Gasteiger partial charge is 0.423 e. The van der Waals surface area contributed by atoms with Crippen molar-refractivity contribution in [1.29, 1.82) is 0 Å². The quantitative estimate of drug-likeness (QED) is 0.101. The van der Waals surface area contributed by atoms with Gasteiger partial charge in [-0.05, 0) is 61.5 Å². The third-order valence-corrected chi connectivity index (χ3v) is 11.2. The fraction of sp³-hybridized carbons (Fsp3) is 0.529. The molecule has 8 nitrogen and oxygen atoms in total. The first kappa shape index (κ1) is 38.9. The summed E-state index contributed by atoms with van der Waals surface area (Å²) in [6.07, 6.45) is 9.99. The van der Waals surface area contributed by atoms with E-state index in [-0.39, 0.29) is 55.2 Å². The van der Waals surface area contributed by atoms with Crippen LogP contribution >= 0.6 is 69.6 Å². The molecule has 48 heavy (non-hydrogen) atoms. The lowest BCUT2D eigenvalue weighted by molar-refractivity contribution is -0.156. The van der Waals surface area contributed by atoms with E-state index in [0.29, 0.717) is 11.8 Å². The van der Waals surface area contributed by atoms with Crippen LogP contribution in [0.15, 0.2) is 12.1 Å². The minimum atomic E-state index is -1.63. The molecule has 0 amide bonds. The van der Waals surface area contributed by atoms with Crippen molar-refractivity contribution in [2.45, 2.75) is 78.1 Å². The van der Waals surface area contributed by atoms with Crippen molar-refractivity contribution in [2.24, 2.45) is 23.7 Å². The van der Waals surface area contributed by atoms with E-state index in [9.17, 15) is 19.2 Å². The van der Waals surface area contributed by atoms with Gasteiger partial charge in [0, 0.05) is 0 Å². The van der Waals surface area contributed by atoms with Gasteiger partial charge in [-0.3, -0.25) is 0 Å². The van der Waals surface area contributed by atoms with Gasteiger partial charge in [-0.2, -0.15) is 0 Å². The van der Waals surface area contributed by atoms with Gasteiger partial charge in [0.2, 0.25) is 0 Å². The molecule has 2 aromatic carbocycles. The van der Waals surface area contributed by atoms with E-state index in [1.54, 1.807) is 0 Å². The van der Waals surface area contributed by atoms with Crippen LogP contribution in [0.2, 0.25) is 30.1 Å². The Hall–Kier alpha value is -1.94. The number of hydrogen-bond donors (Lipinski definition) is 0. The van der Waals surface area contributed by atoms with Gasteiger partial charge < -0.3 is 18.9 Å². The van der Waals surface area contributed by atoms with Crippen molar-refractivity contribution >= 4 is 93.5 Å². The molecular weight excluding hydrogens is 749 g/mol. The van der Waals surface area contributed by atoms with Gasteiger partial charge in [0.15, 0.2) is 11.5 Å². The summed E-state index contributed by atoms with van der Waals surface area (Å²) in [6.45, 7) is 4.47. The Morgan fingerprint density at radius 2 is 0.938 bits per heavy atom. The number of rotatable bonds is 10. The molecule has 14 heteroatoms. The van der Waals surface area contributed by atoms with Crippen molar-refractivity contribution in [1.82, 2.24) is 0 Å². The fourth-order valence-corrected chi connectivity index (χ4v) is 7.81. The van der Waals surface area contributed by atoms with E-state index >= 15 is 0 Å². The second-order valence-corrected chi connectivity index (χ2v) is 14.7. The lowest BCUT2D eigenvalue weighted by atomic mass is 9.80. The zero-order chi connectivity index (χ0) is 35.1. The van der Waals surface area contributed by atoms with Crippen LogP contribution in [0.5, 0.6) is 11.5 Å². The van der Waals surface area contributed by atoms with Gasteiger partial charge in [-0.25, -0.2) is 19.2 Å². The number of esters is 4. The highest BCUT2D eigenvalue weighted by molar-refractivity contribution is 6.47. The predicted molar refractivity (Wildman–Crippen MR) is 186 cm³/mol. The molecule has 0 N–H and O–H groups in total. The molecule has 2 fully saturated rings. The van der Waals surface area contributed by atoms with Gasteiger partial charge in [-0.15, -0.1) is 0 Å². The van der Waals surface area contributed by atoms with E-state index in [4.69, 9.17) is 88.6 Å². The highest BCUT2D eigenvalue weighted by Gasteiger charge is 2.33. The maximum atomic E-state index is 13.2. The van der Waals surface area contributed by atoms with Crippen LogP contribution in [0.3, 0.4) is 0 Å². The zero-order valence-corrected chi connectivity index (χ0v) is 31.0. The molecule has 2 aliphatic carbocycles. The normalized spacial score (nSPS) is 20.9. The average Bonchev–Trinajstić information content (AvgIpc) is 3.07. The highest BCUT2D eigenvalue weighted by atomic mass is 35.5. The Balaban J connectivity index is 1.51. The van der Waals surface area contributed by atoms with E-state index in [1.165, 1.54) is 0 Å². The first-order valence-electron chi connectivity index (χ1n) is 16.0. The molecule has 0 spiro atoms. The highest BCUT2D eigenvalue weighted by Crippen LogP contribution is 2.42. The molecule has 2 aliphatic rings. The largest absolute Gasteiger partial charge is 0.462 e. The van der Waals surface area contributed by atoms with Gasteiger partial charge in [0.1, 0.15) is 11.1 Å². The average molecular weight is 785 g/mol. The minimum Gasteiger partial charge on any atom is -0.462 e. The topological polar surface area (TPSA) is 105 Å². The van der Waals surface area contributed by atoms with E-state index in [1.807, 2.05) is 0 Å². The maximum Gasteiger partial charge on any atom is 0.423 e. The SMILES string of the molecule is CCC1CCCC(COC(=O)c2c(Cl)c(Cl)cc(Cl)c2OC(=O)C(=O)Oc2c(Cl)cc(Cl)c(Cl)c2C(=O)OCC2CCCC(CC)C2)C1. The monoisotopic (exact) mass is 782 g/mol. The van der Waals surface area contributed by atoms with Crippen LogP contribution in [-0.2, 0) is 19.1 Å². The van der Waals surface area contributed by atoms with Gasteiger partial charge in [-0.1, -0.05) is 122 Å². The zero-order valence-electron chi connectivity index (χ0n) is 26.5. The Bertz CT molecular complexity index is 1430. The minimum absolute atomic E-state index is 0.108. The Kier molecular flexibility index (Phi) is 14.4. The Labute approximate surface area is 309 Å². The molecule has 0 heterocycles. The fourth-order valence-electron chi connectivity index (χ4n) is 6.37. The summed E-state index contributed by atoms with van der Waals surface area (Å²) < 4.78 is 21.5. The van der Waals surface area contributed by atoms with E-state index < -0.39 is 46.5 Å². The summed E-state index contributed by atoms with van der Waals surface area (Å²) >= 11 is 37.6. The summed E-state index contributed by atoms with van der Waals surface area (Å²) in [5.41, 5.74) is -0.883. The van der Waals surface area contributed by atoms with E-state index in [0.717, 1.165) is 76.3 Å². The molecule has 0 saturated heterocycles. The van der Waals surface area contributed by atoms with Crippen LogP contribution in [0.25, 0.3) is 0 Å². The second-order valence-electron chi connectivity index (χ2n) is 12.3. The van der Waals surface area contributed by atoms with Crippen molar-refractivity contribution < 1.29 is 38.1 Å². The Morgan fingerprint density at radius 1 is 0.583 bits per heavy atom. The molecule has 0 aromatic heterocycles. The number of carbonyl (C=O) groups excluding carboxylic acids is 4. The third kappa shape index (κ3) is 9.64. The molecule has 2 aromatic rings. The van der Waals surface area contributed by atoms with Crippen LogP contribution in [-0.4, -0.2) is 37.1 Å². The number of benzene rings is 2. The summed E-state index contributed by atoms with van der Waals surface area (Å²) in [5.74, 6) is -4.88. The first-order valence-corrected chi connectivity index (χ1v) is 18.2. The number of carbonyl (C=O) groups is 4. The summed E-state index contributed by atoms with van der Waals surface area (Å²) in [6, 6.07) is 2.28. The van der Waals surface area contributed by atoms with Gasteiger partial charge in [0.25, 0.3) is 0 Å². The van der Waals surface area contributed by atoms with Gasteiger partial charge >= 0.3 is 23.9 Å². The van der Waals surface area contributed by atoms with Crippen molar-refractivity contribution in [3.05, 3.63) is 53.4 Å². The van der Waals surface area contributed by atoms with Crippen molar-refractivity contribution in [3.63, 3.8) is 0 Å². The standard InChI is InChI=1S/C34H36Cl6O8/c1-3-17-7-5-9-19(11-17)15-45-31(41)25-27(39)21(35)13-23(37)29(25)47-33(43)34(44)48-30-24(38)14-22(36)28(40)26(30)32(42)46-16-20-10-6-8-18(4-2)12-20/h13-14,17-20H,3-12,15-16H2,1-2H3. The molecular formula is C34H36Cl6O8. The van der Waals surface area contributed by atoms with Gasteiger partial charge in [0.05, 0.1) is 43.3 Å². The number of halogens is 6. The molecule has 0 bridgehead atoms. The second kappa shape index (κ2) is 17.8. The summed E-state index contributed by atoms with van der Waals surface area (Å²) in [4.78, 5) is 52.6. The summed E-state index contributed by atoms with van der Waals surface area (Å²) in [5, 5.41) is -1.40.